The number of carbonyl (C=O) groups is 4. The Morgan fingerprint density at radius 3 is 2.59 bits per heavy atom. The Labute approximate surface area is 212 Å². The van der Waals surface area contributed by atoms with Crippen molar-refractivity contribution in [1.29, 1.82) is 0 Å². The predicted octanol–water partition coefficient (Wildman–Crippen LogP) is 2.11. The maximum atomic E-state index is 14.0. The Hall–Kier alpha value is -3.76. The van der Waals surface area contributed by atoms with Crippen LogP contribution >= 0.6 is 0 Å². The number of cyclic esters (lactones) is 1. The molecule has 194 valence electrons. The summed E-state index contributed by atoms with van der Waals surface area (Å²) in [6.07, 6.45) is 3.76. The number of hydrogen-bond acceptors (Lipinski definition) is 10. The number of esters is 3. The van der Waals surface area contributed by atoms with Crippen molar-refractivity contribution >= 4 is 23.7 Å². The highest BCUT2D eigenvalue weighted by Crippen LogP contribution is 2.55. The summed E-state index contributed by atoms with van der Waals surface area (Å²) >= 11 is 0. The number of benzene rings is 1. The second-order valence-corrected chi connectivity index (χ2v) is 10.1. The van der Waals surface area contributed by atoms with Crippen molar-refractivity contribution in [3.8, 4) is 0 Å². The van der Waals surface area contributed by atoms with Gasteiger partial charge in [0.05, 0.1) is 43.0 Å². The van der Waals surface area contributed by atoms with Crippen LogP contribution in [0.2, 0.25) is 0 Å². The minimum Gasteiger partial charge on any atom is -0.472 e. The summed E-state index contributed by atoms with van der Waals surface area (Å²) < 4.78 is 21.3. The van der Waals surface area contributed by atoms with Gasteiger partial charge in [-0.25, -0.2) is 4.79 Å². The first kappa shape index (κ1) is 24.9. The lowest BCUT2D eigenvalue weighted by atomic mass is 9.50. The van der Waals surface area contributed by atoms with Crippen molar-refractivity contribution in [3.05, 3.63) is 71.4 Å². The summed E-state index contributed by atoms with van der Waals surface area (Å²) in [6.45, 7) is 1.82. The summed E-state index contributed by atoms with van der Waals surface area (Å²) in [6, 6.07) is 8.33. The number of fused-ring (bicyclic) bond motifs is 3. The SMILES string of the molecule is COC(=O)[C@@H]1C=C(OC(=O)c2cccc(C)c2)C(=O)[C@H]2[C@@]1(N)CC[C@H]1C(=O)O[C@H](c3ccoc3)C[C@]21N. The van der Waals surface area contributed by atoms with E-state index in [4.69, 9.17) is 30.1 Å². The highest BCUT2D eigenvalue weighted by Gasteiger charge is 2.67. The first-order chi connectivity index (χ1) is 17.6. The second kappa shape index (κ2) is 8.97. The molecule has 1 saturated heterocycles. The maximum Gasteiger partial charge on any atom is 0.343 e. The first-order valence-corrected chi connectivity index (χ1v) is 12.0. The summed E-state index contributed by atoms with van der Waals surface area (Å²) in [5.74, 6) is -6.22. The Kier molecular flexibility index (Phi) is 6.04. The zero-order chi connectivity index (χ0) is 26.5. The van der Waals surface area contributed by atoms with Gasteiger partial charge in [-0.3, -0.25) is 14.4 Å². The van der Waals surface area contributed by atoms with Crippen molar-refractivity contribution < 1.29 is 37.8 Å². The lowest BCUT2D eigenvalue weighted by Crippen LogP contribution is -2.76. The van der Waals surface area contributed by atoms with Gasteiger partial charge >= 0.3 is 17.9 Å². The van der Waals surface area contributed by atoms with E-state index in [9.17, 15) is 19.2 Å². The first-order valence-electron chi connectivity index (χ1n) is 12.0. The van der Waals surface area contributed by atoms with Gasteiger partial charge in [0.1, 0.15) is 6.10 Å². The smallest absolute Gasteiger partial charge is 0.343 e. The van der Waals surface area contributed by atoms with Crippen LogP contribution in [0.15, 0.2) is 59.1 Å². The van der Waals surface area contributed by atoms with Gasteiger partial charge in [0.25, 0.3) is 0 Å². The van der Waals surface area contributed by atoms with Crippen molar-refractivity contribution in [2.45, 2.75) is 43.4 Å². The monoisotopic (exact) mass is 508 g/mol. The number of nitrogens with two attached hydrogens (primary N) is 2. The molecule has 0 unspecified atom stereocenters. The molecule has 2 heterocycles. The molecular weight excluding hydrogens is 480 g/mol. The van der Waals surface area contributed by atoms with Gasteiger partial charge in [0.15, 0.2) is 5.76 Å². The van der Waals surface area contributed by atoms with E-state index >= 15 is 0 Å². The number of allylic oxidation sites excluding steroid dienone is 1. The van der Waals surface area contributed by atoms with Gasteiger partial charge in [0.2, 0.25) is 5.78 Å². The zero-order valence-corrected chi connectivity index (χ0v) is 20.5. The molecule has 2 aliphatic carbocycles. The Bertz CT molecular complexity index is 1300. The molecule has 0 spiro atoms. The van der Waals surface area contributed by atoms with E-state index in [2.05, 4.69) is 0 Å². The topological polar surface area (TPSA) is 161 Å². The lowest BCUT2D eigenvalue weighted by Gasteiger charge is -2.58. The minimum atomic E-state index is -1.48. The van der Waals surface area contributed by atoms with Gasteiger partial charge in [-0.1, -0.05) is 17.7 Å². The van der Waals surface area contributed by atoms with E-state index in [-0.39, 0.29) is 30.6 Å². The Morgan fingerprint density at radius 2 is 1.92 bits per heavy atom. The number of ether oxygens (including phenoxy) is 3. The minimum absolute atomic E-state index is 0.0608. The van der Waals surface area contributed by atoms with E-state index in [0.29, 0.717) is 5.56 Å². The van der Waals surface area contributed by atoms with Crippen LogP contribution in [0.4, 0.5) is 0 Å². The van der Waals surface area contributed by atoms with Crippen LogP contribution in [0.25, 0.3) is 0 Å². The van der Waals surface area contributed by atoms with Crippen molar-refractivity contribution in [2.24, 2.45) is 29.2 Å². The van der Waals surface area contributed by atoms with Crippen LogP contribution in [0.1, 0.15) is 46.9 Å². The van der Waals surface area contributed by atoms with Gasteiger partial charge in [-0.15, -0.1) is 0 Å². The molecule has 0 bridgehead atoms. The molecule has 6 atom stereocenters. The average Bonchev–Trinajstić information content (AvgIpc) is 3.39. The Balaban J connectivity index is 1.57. The number of methoxy groups -OCH3 is 1. The fourth-order valence-corrected chi connectivity index (χ4v) is 6.12. The van der Waals surface area contributed by atoms with Crippen molar-refractivity contribution in [1.82, 2.24) is 0 Å². The molecule has 3 aliphatic rings. The molecule has 10 nitrogen and oxygen atoms in total. The van der Waals surface area contributed by atoms with Gasteiger partial charge in [0, 0.05) is 23.1 Å². The third-order valence-electron chi connectivity index (χ3n) is 7.90. The molecule has 1 aromatic heterocycles. The number of ketones is 1. The van der Waals surface area contributed by atoms with Crippen LogP contribution in [0.3, 0.4) is 0 Å². The summed E-state index contributed by atoms with van der Waals surface area (Å²) in [4.78, 5) is 52.9. The normalized spacial score (nSPS) is 32.9. The van der Waals surface area contributed by atoms with Crippen molar-refractivity contribution in [2.75, 3.05) is 7.11 Å². The highest BCUT2D eigenvalue weighted by molar-refractivity contribution is 6.04. The summed E-state index contributed by atoms with van der Waals surface area (Å²) in [5, 5.41) is 0. The molecule has 37 heavy (non-hydrogen) atoms. The average molecular weight is 509 g/mol. The molecule has 0 radical (unpaired) electrons. The standard InChI is InChI=1S/C27H28N2O8/c1-14-4-3-5-15(10-14)23(31)36-19-11-18(24(32)34-2)26(28)8-6-17-25(33)37-20(16-7-9-35-13-16)12-27(17,29)22(26)21(19)30/h3-5,7,9-11,13,17-18,20,22H,6,8,12,28-29H2,1-2H3/t17-,18-,20-,22-,26+,27+/m0/s1. The van der Waals surface area contributed by atoms with E-state index in [1.807, 2.05) is 13.0 Å². The van der Waals surface area contributed by atoms with Crippen LogP contribution in [-0.4, -0.2) is 41.9 Å². The molecule has 2 fully saturated rings. The van der Waals surface area contributed by atoms with Gasteiger partial charge in [-0.05, 0) is 44.0 Å². The fourth-order valence-electron chi connectivity index (χ4n) is 6.12. The molecule has 1 aromatic carbocycles. The molecule has 0 amide bonds. The van der Waals surface area contributed by atoms with Crippen molar-refractivity contribution in [3.63, 3.8) is 0 Å². The number of Topliss-reactive ketones (excluding diaryl/α,β-unsaturated/α-hetero) is 1. The third kappa shape index (κ3) is 3.96. The quantitative estimate of drug-likeness (QED) is 0.462. The number of rotatable bonds is 4. The molecule has 2 aromatic rings. The van der Waals surface area contributed by atoms with Crippen LogP contribution < -0.4 is 11.5 Å². The largest absolute Gasteiger partial charge is 0.472 e. The second-order valence-electron chi connectivity index (χ2n) is 10.1. The van der Waals surface area contributed by atoms with Crippen LogP contribution in [0.5, 0.6) is 0 Å². The van der Waals surface area contributed by atoms with Crippen LogP contribution in [-0.2, 0) is 28.6 Å². The molecule has 1 aliphatic heterocycles. The summed E-state index contributed by atoms with van der Waals surface area (Å²) in [5.41, 5.74) is 12.5. The van der Waals surface area contributed by atoms with Gasteiger partial charge < -0.3 is 30.1 Å². The third-order valence-corrected chi connectivity index (χ3v) is 7.90. The Morgan fingerprint density at radius 1 is 1.14 bits per heavy atom. The van der Waals surface area contributed by atoms with E-state index in [1.54, 1.807) is 24.3 Å². The van der Waals surface area contributed by atoms with Gasteiger partial charge in [-0.2, -0.15) is 0 Å². The molecular formula is C27H28N2O8. The van der Waals surface area contributed by atoms with E-state index in [1.165, 1.54) is 25.7 Å². The predicted molar refractivity (Wildman–Crippen MR) is 127 cm³/mol. The molecule has 10 heteroatoms. The summed E-state index contributed by atoms with van der Waals surface area (Å²) in [7, 11) is 1.21. The molecule has 4 N–H and O–H groups in total. The van der Waals surface area contributed by atoms with Crippen LogP contribution in [0, 0.1) is 24.7 Å². The number of furan rings is 1. The maximum absolute atomic E-state index is 14.0. The highest BCUT2D eigenvalue weighted by atomic mass is 16.6. The lowest BCUT2D eigenvalue weighted by molar-refractivity contribution is -0.179. The fraction of sp³-hybridized carbons (Fsp3) is 0.407. The van der Waals surface area contributed by atoms with E-state index < -0.39 is 58.6 Å². The number of aryl methyl sites for hydroxylation is 1. The number of carbonyl (C=O) groups excluding carboxylic acids is 4. The number of hydrogen-bond donors (Lipinski definition) is 2. The zero-order valence-electron chi connectivity index (χ0n) is 20.5. The molecule has 1 saturated carbocycles. The van der Waals surface area contributed by atoms with E-state index in [0.717, 1.165) is 5.56 Å². The molecule has 5 rings (SSSR count).